The summed E-state index contributed by atoms with van der Waals surface area (Å²) in [4.78, 5) is 0. The molecule has 1 aliphatic carbocycles. The predicted octanol–water partition coefficient (Wildman–Crippen LogP) is 5.34. The Morgan fingerprint density at radius 1 is 1.15 bits per heavy atom. The van der Waals surface area contributed by atoms with Gasteiger partial charge in [-0.25, -0.2) is 0 Å². The molecule has 1 unspecified atom stereocenters. The van der Waals surface area contributed by atoms with Crippen LogP contribution >= 0.6 is 15.9 Å². The smallest absolute Gasteiger partial charge is 0.405 e. The maximum Gasteiger partial charge on any atom is 0.573 e. The molecule has 178 valence electrons. The van der Waals surface area contributed by atoms with Gasteiger partial charge >= 0.3 is 6.36 Å². The fourth-order valence-corrected chi connectivity index (χ4v) is 5.10. The van der Waals surface area contributed by atoms with Gasteiger partial charge in [0.2, 0.25) is 0 Å². The third-order valence-corrected chi connectivity index (χ3v) is 6.95. The first kappa shape index (κ1) is 23.9. The molecule has 2 aromatic carbocycles. The molecule has 5 nitrogen and oxygen atoms in total. The van der Waals surface area contributed by atoms with Crippen LogP contribution in [0, 0.1) is 5.92 Å². The molecule has 0 amide bonds. The van der Waals surface area contributed by atoms with E-state index in [9.17, 15) is 13.2 Å². The Kier molecular flexibility index (Phi) is 6.93. The minimum Gasteiger partial charge on any atom is -0.405 e. The predicted molar refractivity (Wildman–Crippen MR) is 127 cm³/mol. The number of hydrogen-bond acceptors (Lipinski definition) is 5. The van der Waals surface area contributed by atoms with Gasteiger partial charge in [0.15, 0.2) is 0 Å². The summed E-state index contributed by atoms with van der Waals surface area (Å²) in [7, 11) is 1.90. The zero-order chi connectivity index (χ0) is 23.6. The molecule has 0 radical (unpaired) electrons. The number of benzene rings is 2. The lowest BCUT2D eigenvalue weighted by Gasteiger charge is -2.43. The van der Waals surface area contributed by atoms with Crippen LogP contribution in [0.1, 0.15) is 36.8 Å². The summed E-state index contributed by atoms with van der Waals surface area (Å²) in [6.07, 6.45) is 0.945. The number of para-hydroxylation sites is 1. The number of alkyl halides is 3. The van der Waals surface area contributed by atoms with Crippen LogP contribution in [0.4, 0.5) is 18.9 Å². The molecular weight excluding hydrogens is 497 g/mol. The summed E-state index contributed by atoms with van der Waals surface area (Å²) < 4.78 is 43.0. The Morgan fingerprint density at radius 2 is 1.88 bits per heavy atom. The minimum absolute atomic E-state index is 0.186. The summed E-state index contributed by atoms with van der Waals surface area (Å²) >= 11 is 3.21. The maximum absolute atomic E-state index is 12.8. The zero-order valence-electron chi connectivity index (χ0n) is 18.3. The highest BCUT2D eigenvalue weighted by molar-refractivity contribution is 9.10. The summed E-state index contributed by atoms with van der Waals surface area (Å²) in [5, 5.41) is 10.2. The summed E-state index contributed by atoms with van der Waals surface area (Å²) in [5.74, 6) is 0.0536. The fourth-order valence-electron chi connectivity index (χ4n) is 4.76. The van der Waals surface area contributed by atoms with E-state index in [0.29, 0.717) is 16.6 Å². The second-order valence-corrected chi connectivity index (χ2v) is 9.56. The van der Waals surface area contributed by atoms with Gasteiger partial charge in [0.25, 0.3) is 0 Å². The highest BCUT2D eigenvalue weighted by Gasteiger charge is 2.39. The van der Waals surface area contributed by atoms with E-state index in [0.717, 1.165) is 42.6 Å². The summed E-state index contributed by atoms with van der Waals surface area (Å²) in [6, 6.07) is 13.0. The molecule has 2 aromatic rings. The lowest BCUT2D eigenvalue weighted by atomic mass is 9.76. The first-order valence-corrected chi connectivity index (χ1v) is 11.8. The lowest BCUT2D eigenvalue weighted by molar-refractivity contribution is -0.274. The monoisotopic (exact) mass is 524 g/mol. The SMILES string of the molecule is CNC1=CC(N)(C2CCC(NCc3ccc(Br)cc3OC(F)(F)F)CC2)Nc2ccccc21. The van der Waals surface area contributed by atoms with E-state index in [1.165, 1.54) is 6.07 Å². The molecule has 1 fully saturated rings. The van der Waals surface area contributed by atoms with Gasteiger partial charge in [0, 0.05) is 46.6 Å². The van der Waals surface area contributed by atoms with E-state index in [4.69, 9.17) is 5.73 Å². The topological polar surface area (TPSA) is 71.3 Å². The second kappa shape index (κ2) is 9.56. The summed E-state index contributed by atoms with van der Waals surface area (Å²) in [5.41, 5.74) is 9.79. The van der Waals surface area contributed by atoms with Gasteiger partial charge in [-0.15, -0.1) is 13.2 Å². The average Bonchev–Trinajstić information content (AvgIpc) is 2.77. The van der Waals surface area contributed by atoms with Crippen molar-refractivity contribution < 1.29 is 17.9 Å². The molecule has 2 aliphatic rings. The molecule has 4 rings (SSSR count). The molecule has 1 aliphatic heterocycles. The van der Waals surface area contributed by atoms with Gasteiger partial charge in [0.05, 0.1) is 0 Å². The number of hydrogen-bond donors (Lipinski definition) is 4. The minimum atomic E-state index is -4.73. The number of fused-ring (bicyclic) bond motifs is 1. The highest BCUT2D eigenvalue weighted by atomic mass is 79.9. The van der Waals surface area contributed by atoms with Crippen molar-refractivity contribution >= 4 is 27.3 Å². The Bertz CT molecular complexity index is 1020. The van der Waals surface area contributed by atoms with Gasteiger partial charge in [0.1, 0.15) is 11.4 Å². The Hall–Kier alpha value is -2.23. The highest BCUT2D eigenvalue weighted by Crippen LogP contribution is 2.39. The number of rotatable bonds is 6. The Morgan fingerprint density at radius 3 is 2.58 bits per heavy atom. The molecule has 0 bridgehead atoms. The van der Waals surface area contributed by atoms with Gasteiger partial charge < -0.3 is 26.4 Å². The van der Waals surface area contributed by atoms with Crippen LogP contribution in [0.3, 0.4) is 0 Å². The second-order valence-electron chi connectivity index (χ2n) is 8.64. The van der Waals surface area contributed by atoms with E-state index in [2.05, 4.69) is 48.8 Å². The first-order chi connectivity index (χ1) is 15.7. The maximum atomic E-state index is 12.8. The van der Waals surface area contributed by atoms with Gasteiger partial charge in [-0.3, -0.25) is 0 Å². The number of ether oxygens (including phenoxy) is 1. The molecule has 1 saturated carbocycles. The lowest BCUT2D eigenvalue weighted by Crippen LogP contribution is -2.56. The molecule has 33 heavy (non-hydrogen) atoms. The quantitative estimate of drug-likeness (QED) is 0.410. The molecule has 9 heteroatoms. The van der Waals surface area contributed by atoms with Crippen molar-refractivity contribution in [1.29, 1.82) is 0 Å². The van der Waals surface area contributed by atoms with Crippen molar-refractivity contribution in [2.45, 2.75) is 50.3 Å². The number of nitrogens with two attached hydrogens (primary N) is 1. The normalized spacial score (nSPS) is 25.0. The van der Waals surface area contributed by atoms with Crippen LogP contribution in [-0.4, -0.2) is 25.1 Å². The first-order valence-electron chi connectivity index (χ1n) is 11.0. The fraction of sp³-hybridized carbons (Fsp3) is 0.417. The number of halogens is 4. The van der Waals surface area contributed by atoms with Gasteiger partial charge in [-0.2, -0.15) is 0 Å². The third kappa shape index (κ3) is 5.65. The van der Waals surface area contributed by atoms with Crippen molar-refractivity contribution in [1.82, 2.24) is 10.6 Å². The molecular formula is C24H28BrF3N4O. The van der Waals surface area contributed by atoms with Crippen LogP contribution in [0.2, 0.25) is 0 Å². The largest absolute Gasteiger partial charge is 0.573 e. The van der Waals surface area contributed by atoms with E-state index in [1.54, 1.807) is 12.1 Å². The standard InChI is InChI=1S/C24H28BrF3N4O/c1-30-21-13-23(29,32-20-5-3-2-4-19(20)21)16-7-10-18(11-8-16)31-14-15-6-9-17(25)12-22(15)33-24(26,27)28/h2-6,9,12-13,16,18,30-32H,7-8,10-11,14,29H2,1H3. The van der Waals surface area contributed by atoms with Crippen LogP contribution in [-0.2, 0) is 6.54 Å². The third-order valence-electron chi connectivity index (χ3n) is 6.46. The summed E-state index contributed by atoms with van der Waals surface area (Å²) in [6.45, 7) is 0.303. The van der Waals surface area contributed by atoms with E-state index in [1.807, 2.05) is 25.2 Å². The molecule has 5 N–H and O–H groups in total. The Labute approximate surface area is 200 Å². The van der Waals surface area contributed by atoms with Crippen LogP contribution in [0.25, 0.3) is 5.70 Å². The molecule has 1 atom stereocenters. The van der Waals surface area contributed by atoms with Crippen molar-refractivity contribution in [3.8, 4) is 5.75 Å². The van der Waals surface area contributed by atoms with Crippen LogP contribution in [0.5, 0.6) is 5.75 Å². The van der Waals surface area contributed by atoms with Crippen molar-refractivity contribution in [3.63, 3.8) is 0 Å². The zero-order valence-corrected chi connectivity index (χ0v) is 19.9. The van der Waals surface area contributed by atoms with E-state index < -0.39 is 12.0 Å². The van der Waals surface area contributed by atoms with Gasteiger partial charge in [-0.1, -0.05) is 40.2 Å². The van der Waals surface area contributed by atoms with Crippen molar-refractivity contribution in [2.75, 3.05) is 12.4 Å². The van der Waals surface area contributed by atoms with Crippen LogP contribution in [0.15, 0.2) is 53.0 Å². The van der Waals surface area contributed by atoms with Crippen molar-refractivity contribution in [2.24, 2.45) is 11.7 Å². The molecule has 0 saturated heterocycles. The number of anilines is 1. The molecule has 1 heterocycles. The molecule has 0 spiro atoms. The van der Waals surface area contributed by atoms with Gasteiger partial charge in [-0.05, 0) is 55.9 Å². The number of nitrogens with one attached hydrogen (secondary N) is 3. The Balaban J connectivity index is 1.38. The van der Waals surface area contributed by atoms with E-state index in [-0.39, 0.29) is 17.7 Å². The van der Waals surface area contributed by atoms with Crippen LogP contribution < -0.4 is 26.4 Å². The van der Waals surface area contributed by atoms with E-state index >= 15 is 0 Å². The van der Waals surface area contributed by atoms with Crippen molar-refractivity contribution in [3.05, 3.63) is 64.1 Å². The molecule has 0 aromatic heterocycles. The average molecular weight is 525 g/mol.